The number of ether oxygens (including phenoxy) is 1. The third-order valence-electron chi connectivity index (χ3n) is 2.61. The van der Waals surface area contributed by atoms with Crippen LogP contribution >= 0.6 is 15.9 Å². The van der Waals surface area contributed by atoms with Gasteiger partial charge in [-0.05, 0) is 57.5 Å². The third-order valence-corrected chi connectivity index (χ3v) is 3.14. The molecule has 0 saturated carbocycles. The van der Waals surface area contributed by atoms with E-state index in [2.05, 4.69) is 26.6 Å². The monoisotopic (exact) mass is 342 g/mol. The number of nitrogens with one attached hydrogen (secondary N) is 2. The van der Waals surface area contributed by atoms with Gasteiger partial charge in [-0.25, -0.2) is 0 Å². The molecule has 1 rings (SSSR count). The molecule has 0 aromatic heterocycles. The molecule has 4 nitrogen and oxygen atoms in total. The van der Waals surface area contributed by atoms with Crippen LogP contribution in [0.5, 0.6) is 0 Å². The van der Waals surface area contributed by atoms with Crippen molar-refractivity contribution in [3.8, 4) is 0 Å². The maximum absolute atomic E-state index is 11.7. The van der Waals surface area contributed by atoms with E-state index in [1.807, 2.05) is 38.1 Å². The van der Waals surface area contributed by atoms with Crippen LogP contribution in [0.15, 0.2) is 28.7 Å². The lowest BCUT2D eigenvalue weighted by Gasteiger charge is -2.08. The molecule has 0 radical (unpaired) electrons. The summed E-state index contributed by atoms with van der Waals surface area (Å²) < 4.78 is 6.44. The summed E-state index contributed by atoms with van der Waals surface area (Å²) in [5.41, 5.74) is 0.810. The van der Waals surface area contributed by atoms with Gasteiger partial charge in [0, 0.05) is 16.8 Å². The summed E-state index contributed by atoms with van der Waals surface area (Å²) in [4.78, 5) is 11.7. The van der Waals surface area contributed by atoms with Crippen LogP contribution in [-0.4, -0.2) is 31.7 Å². The highest BCUT2D eigenvalue weighted by Crippen LogP contribution is 2.13. The first-order valence-corrected chi connectivity index (χ1v) is 7.75. The molecular formula is C15H23BrN2O2. The number of carbonyl (C=O) groups is 1. The number of hydrogen-bond acceptors (Lipinski definition) is 3. The molecule has 1 aromatic rings. The van der Waals surface area contributed by atoms with Crippen molar-refractivity contribution in [2.24, 2.45) is 0 Å². The van der Waals surface area contributed by atoms with E-state index >= 15 is 0 Å². The SMILES string of the molecule is CC(C)OCCCCNCC(=O)Nc1ccc(Br)cc1. The van der Waals surface area contributed by atoms with Gasteiger partial charge in [-0.15, -0.1) is 0 Å². The number of halogens is 1. The maximum atomic E-state index is 11.7. The molecule has 0 spiro atoms. The second-order valence-electron chi connectivity index (χ2n) is 4.86. The van der Waals surface area contributed by atoms with Gasteiger partial charge in [-0.3, -0.25) is 4.79 Å². The van der Waals surface area contributed by atoms with E-state index in [9.17, 15) is 4.79 Å². The molecule has 0 aliphatic heterocycles. The molecule has 5 heteroatoms. The number of anilines is 1. The summed E-state index contributed by atoms with van der Waals surface area (Å²) in [5.74, 6) is -0.0225. The van der Waals surface area contributed by atoms with Gasteiger partial charge in [0.05, 0.1) is 12.6 Å². The summed E-state index contributed by atoms with van der Waals surface area (Å²) in [7, 11) is 0. The van der Waals surface area contributed by atoms with Gasteiger partial charge in [0.1, 0.15) is 0 Å². The van der Waals surface area contributed by atoms with Crippen molar-refractivity contribution in [3.05, 3.63) is 28.7 Å². The van der Waals surface area contributed by atoms with Crippen LogP contribution in [0, 0.1) is 0 Å². The maximum Gasteiger partial charge on any atom is 0.238 e. The predicted octanol–water partition coefficient (Wildman–Crippen LogP) is 3.18. The van der Waals surface area contributed by atoms with Crippen molar-refractivity contribution in [3.63, 3.8) is 0 Å². The standard InChI is InChI=1S/C15H23BrN2O2/c1-12(2)20-10-4-3-9-17-11-15(19)18-14-7-5-13(16)6-8-14/h5-8,12,17H,3-4,9-11H2,1-2H3,(H,18,19). The van der Waals surface area contributed by atoms with E-state index in [-0.39, 0.29) is 5.91 Å². The first-order valence-electron chi connectivity index (χ1n) is 6.95. The van der Waals surface area contributed by atoms with Crippen molar-refractivity contribution in [1.82, 2.24) is 5.32 Å². The molecule has 0 aliphatic rings. The van der Waals surface area contributed by atoms with Gasteiger partial charge >= 0.3 is 0 Å². The molecule has 0 bridgehead atoms. The van der Waals surface area contributed by atoms with E-state index in [1.165, 1.54) is 0 Å². The van der Waals surface area contributed by atoms with Crippen molar-refractivity contribution in [2.45, 2.75) is 32.8 Å². The molecule has 0 saturated heterocycles. The minimum atomic E-state index is -0.0225. The van der Waals surface area contributed by atoms with E-state index in [0.717, 1.165) is 36.2 Å². The van der Waals surface area contributed by atoms with Gasteiger partial charge in [-0.2, -0.15) is 0 Å². The van der Waals surface area contributed by atoms with Gasteiger partial charge in [0.15, 0.2) is 0 Å². The van der Waals surface area contributed by atoms with Crippen LogP contribution in [0.4, 0.5) is 5.69 Å². The zero-order valence-electron chi connectivity index (χ0n) is 12.1. The fourth-order valence-electron chi connectivity index (χ4n) is 1.61. The zero-order chi connectivity index (χ0) is 14.8. The Morgan fingerprint density at radius 3 is 2.60 bits per heavy atom. The third kappa shape index (κ3) is 8.30. The average Bonchev–Trinajstić information content (AvgIpc) is 2.40. The van der Waals surface area contributed by atoms with E-state index in [4.69, 9.17) is 4.74 Å². The van der Waals surface area contributed by atoms with Crippen molar-refractivity contribution >= 4 is 27.5 Å². The Bertz CT molecular complexity index is 393. The second-order valence-corrected chi connectivity index (χ2v) is 5.77. The normalized spacial score (nSPS) is 10.8. The number of carbonyl (C=O) groups excluding carboxylic acids is 1. The van der Waals surface area contributed by atoms with Gasteiger partial charge in [0.25, 0.3) is 0 Å². The van der Waals surface area contributed by atoms with Crippen LogP contribution in [0.2, 0.25) is 0 Å². The van der Waals surface area contributed by atoms with Crippen LogP contribution in [0.25, 0.3) is 0 Å². The zero-order valence-corrected chi connectivity index (χ0v) is 13.7. The van der Waals surface area contributed by atoms with E-state index in [0.29, 0.717) is 12.6 Å². The minimum Gasteiger partial charge on any atom is -0.379 e. The summed E-state index contributed by atoms with van der Waals surface area (Å²) >= 11 is 3.36. The Morgan fingerprint density at radius 2 is 1.95 bits per heavy atom. The lowest BCUT2D eigenvalue weighted by molar-refractivity contribution is -0.115. The van der Waals surface area contributed by atoms with Gasteiger partial charge in [-0.1, -0.05) is 15.9 Å². The highest BCUT2D eigenvalue weighted by Gasteiger charge is 2.01. The second kappa shape index (κ2) is 9.91. The van der Waals surface area contributed by atoms with Crippen LogP contribution in [0.1, 0.15) is 26.7 Å². The summed E-state index contributed by atoms with van der Waals surface area (Å²) in [6.07, 6.45) is 2.32. The molecule has 0 heterocycles. The molecule has 0 fully saturated rings. The number of benzene rings is 1. The lowest BCUT2D eigenvalue weighted by Crippen LogP contribution is -2.28. The summed E-state index contributed by atoms with van der Waals surface area (Å²) in [6, 6.07) is 7.53. The predicted molar refractivity (Wildman–Crippen MR) is 86.0 cm³/mol. The molecule has 1 aromatic carbocycles. The number of rotatable bonds is 9. The molecule has 1 amide bonds. The molecular weight excluding hydrogens is 320 g/mol. The number of unbranched alkanes of at least 4 members (excludes halogenated alkanes) is 1. The number of amides is 1. The molecule has 20 heavy (non-hydrogen) atoms. The molecule has 112 valence electrons. The first kappa shape index (κ1) is 17.1. The average molecular weight is 343 g/mol. The Labute approximate surface area is 129 Å². The number of hydrogen-bond donors (Lipinski definition) is 2. The smallest absolute Gasteiger partial charge is 0.238 e. The van der Waals surface area contributed by atoms with Crippen LogP contribution in [-0.2, 0) is 9.53 Å². The quantitative estimate of drug-likeness (QED) is 0.677. The van der Waals surface area contributed by atoms with Crippen LogP contribution in [0.3, 0.4) is 0 Å². The fourth-order valence-corrected chi connectivity index (χ4v) is 1.88. The topological polar surface area (TPSA) is 50.4 Å². The lowest BCUT2D eigenvalue weighted by atomic mass is 10.3. The highest BCUT2D eigenvalue weighted by atomic mass is 79.9. The van der Waals surface area contributed by atoms with Gasteiger partial charge < -0.3 is 15.4 Å². The Kier molecular flexibility index (Phi) is 8.49. The Morgan fingerprint density at radius 1 is 1.25 bits per heavy atom. The summed E-state index contributed by atoms with van der Waals surface area (Å²) in [6.45, 7) is 6.01. The summed E-state index contributed by atoms with van der Waals surface area (Å²) in [5, 5.41) is 5.97. The van der Waals surface area contributed by atoms with Crippen molar-refractivity contribution < 1.29 is 9.53 Å². The highest BCUT2D eigenvalue weighted by molar-refractivity contribution is 9.10. The molecule has 2 N–H and O–H groups in total. The molecule has 0 unspecified atom stereocenters. The van der Waals surface area contributed by atoms with Gasteiger partial charge in [0.2, 0.25) is 5.91 Å². The largest absolute Gasteiger partial charge is 0.379 e. The minimum absolute atomic E-state index is 0.0225. The first-order chi connectivity index (χ1) is 9.58. The Hall–Kier alpha value is -0.910. The fraction of sp³-hybridized carbons (Fsp3) is 0.533. The van der Waals surface area contributed by atoms with E-state index in [1.54, 1.807) is 0 Å². The van der Waals surface area contributed by atoms with E-state index < -0.39 is 0 Å². The molecule has 0 aliphatic carbocycles. The van der Waals surface area contributed by atoms with Crippen molar-refractivity contribution in [1.29, 1.82) is 0 Å². The molecule has 0 atom stereocenters. The Balaban J connectivity index is 2.04. The van der Waals surface area contributed by atoms with Crippen molar-refractivity contribution in [2.75, 3.05) is 25.0 Å². The van der Waals surface area contributed by atoms with Crippen LogP contribution < -0.4 is 10.6 Å².